The van der Waals surface area contributed by atoms with Crippen LogP contribution in [0.3, 0.4) is 0 Å². The Labute approximate surface area is 153 Å². The molecule has 0 saturated carbocycles. The summed E-state index contributed by atoms with van der Waals surface area (Å²) < 4.78 is 4.98. The van der Waals surface area contributed by atoms with E-state index in [1.54, 1.807) is 12.1 Å². The predicted molar refractivity (Wildman–Crippen MR) is 102 cm³/mol. The molecule has 1 aliphatic heterocycles. The number of methoxy groups -OCH3 is 1. The molecule has 2 aromatic rings. The molecule has 1 amide bonds. The first kappa shape index (κ1) is 17.7. The number of nitro groups is 1. The minimum absolute atomic E-state index is 0.154. The number of nitrogens with zero attached hydrogens (tertiary/aromatic N) is 2. The second kappa shape index (κ2) is 7.40. The summed E-state index contributed by atoms with van der Waals surface area (Å²) in [5.41, 5.74) is 2.24. The molecule has 0 bridgehead atoms. The molecule has 1 fully saturated rings. The lowest BCUT2D eigenvalue weighted by Crippen LogP contribution is -2.19. The summed E-state index contributed by atoms with van der Waals surface area (Å²) in [6.07, 6.45) is 1.59. The second-order valence-electron chi connectivity index (χ2n) is 5.51. The standard InChI is InChI=1S/C18H15N3O4S/c1-11-3-6-13(7-4-11)19-18-20-17(22)16(26-18)10-12-5-8-15(25-2)14(9-12)21(23)24/h3-10H,1-2H3,(H,19,20,22)/b16-10+. The first-order valence-electron chi connectivity index (χ1n) is 7.65. The predicted octanol–water partition coefficient (Wildman–Crippen LogP) is 3.80. The third-order valence-electron chi connectivity index (χ3n) is 3.61. The third kappa shape index (κ3) is 3.92. The van der Waals surface area contributed by atoms with Crippen LogP contribution < -0.4 is 10.1 Å². The van der Waals surface area contributed by atoms with Gasteiger partial charge in [-0.2, -0.15) is 0 Å². The van der Waals surface area contributed by atoms with Gasteiger partial charge >= 0.3 is 5.69 Å². The second-order valence-corrected chi connectivity index (χ2v) is 6.54. The minimum Gasteiger partial charge on any atom is -0.490 e. The summed E-state index contributed by atoms with van der Waals surface area (Å²) in [4.78, 5) is 27.5. The van der Waals surface area contributed by atoms with Gasteiger partial charge in [0, 0.05) is 6.07 Å². The number of benzene rings is 2. The van der Waals surface area contributed by atoms with Crippen LogP contribution >= 0.6 is 11.8 Å². The van der Waals surface area contributed by atoms with Crippen molar-refractivity contribution in [2.75, 3.05) is 7.11 Å². The SMILES string of the molecule is COc1ccc(/C=C2/SC(=Nc3ccc(C)cc3)NC2=O)cc1[N+](=O)[O-]. The van der Waals surface area contributed by atoms with Crippen LogP contribution in [0, 0.1) is 17.0 Å². The van der Waals surface area contributed by atoms with E-state index in [0.29, 0.717) is 15.6 Å². The Kier molecular flexibility index (Phi) is 5.04. The first-order chi connectivity index (χ1) is 12.5. The summed E-state index contributed by atoms with van der Waals surface area (Å²) in [5, 5.41) is 14.3. The zero-order valence-corrected chi connectivity index (χ0v) is 14.9. The number of hydrogen-bond acceptors (Lipinski definition) is 6. The van der Waals surface area contributed by atoms with Crippen LogP contribution in [0.1, 0.15) is 11.1 Å². The lowest BCUT2D eigenvalue weighted by Gasteiger charge is -2.02. The van der Waals surface area contributed by atoms with E-state index >= 15 is 0 Å². The van der Waals surface area contributed by atoms with E-state index in [0.717, 1.165) is 11.3 Å². The first-order valence-corrected chi connectivity index (χ1v) is 8.46. The maximum Gasteiger partial charge on any atom is 0.311 e. The topological polar surface area (TPSA) is 93.8 Å². The fraction of sp³-hybridized carbons (Fsp3) is 0.111. The number of aryl methyl sites for hydroxylation is 1. The average molecular weight is 369 g/mol. The minimum atomic E-state index is -0.521. The number of thioether (sulfide) groups is 1. The summed E-state index contributed by atoms with van der Waals surface area (Å²) in [6.45, 7) is 1.98. The van der Waals surface area contributed by atoms with Crippen molar-refractivity contribution in [3.05, 3.63) is 68.6 Å². The van der Waals surface area contributed by atoms with E-state index in [-0.39, 0.29) is 17.3 Å². The van der Waals surface area contributed by atoms with Crippen molar-refractivity contribution >= 4 is 40.3 Å². The average Bonchev–Trinajstić information content (AvgIpc) is 2.96. The van der Waals surface area contributed by atoms with Crippen LogP contribution in [-0.2, 0) is 4.79 Å². The van der Waals surface area contributed by atoms with Crippen molar-refractivity contribution in [2.24, 2.45) is 4.99 Å². The van der Waals surface area contributed by atoms with Gasteiger partial charge in [-0.1, -0.05) is 23.8 Å². The lowest BCUT2D eigenvalue weighted by molar-refractivity contribution is -0.385. The molecule has 0 unspecified atom stereocenters. The number of rotatable bonds is 4. The summed E-state index contributed by atoms with van der Waals surface area (Å²) in [7, 11) is 1.37. The molecule has 1 saturated heterocycles. The zero-order chi connectivity index (χ0) is 18.7. The van der Waals surface area contributed by atoms with Crippen LogP contribution in [0.5, 0.6) is 5.75 Å². The van der Waals surface area contributed by atoms with Crippen molar-refractivity contribution in [1.82, 2.24) is 5.32 Å². The van der Waals surface area contributed by atoms with Gasteiger partial charge in [-0.25, -0.2) is 4.99 Å². The zero-order valence-electron chi connectivity index (χ0n) is 14.1. The van der Waals surface area contributed by atoms with Crippen molar-refractivity contribution in [2.45, 2.75) is 6.92 Å². The molecule has 1 aliphatic rings. The van der Waals surface area contributed by atoms with Crippen LogP contribution in [0.4, 0.5) is 11.4 Å². The largest absolute Gasteiger partial charge is 0.490 e. The van der Waals surface area contributed by atoms with E-state index in [4.69, 9.17) is 4.74 Å². The molecule has 7 nitrogen and oxygen atoms in total. The molecule has 0 aromatic heterocycles. The van der Waals surface area contributed by atoms with Crippen LogP contribution in [-0.4, -0.2) is 23.1 Å². The van der Waals surface area contributed by atoms with Gasteiger partial charge in [0.2, 0.25) is 0 Å². The van der Waals surface area contributed by atoms with Gasteiger partial charge in [0.1, 0.15) is 0 Å². The molecule has 3 rings (SSSR count). The van der Waals surface area contributed by atoms with E-state index in [1.807, 2.05) is 31.2 Å². The molecular formula is C18H15N3O4S. The molecule has 0 radical (unpaired) electrons. The number of nitro benzene ring substituents is 1. The van der Waals surface area contributed by atoms with Crippen molar-refractivity contribution in [1.29, 1.82) is 0 Å². The lowest BCUT2D eigenvalue weighted by atomic mass is 10.1. The fourth-order valence-corrected chi connectivity index (χ4v) is 3.15. The molecule has 0 aliphatic carbocycles. The number of ether oxygens (including phenoxy) is 1. The molecule has 132 valence electrons. The normalized spacial score (nSPS) is 16.8. The van der Waals surface area contributed by atoms with Gasteiger partial charge in [-0.05, 0) is 48.5 Å². The van der Waals surface area contributed by atoms with Gasteiger partial charge in [0.05, 0.1) is 22.6 Å². The van der Waals surface area contributed by atoms with Crippen molar-refractivity contribution < 1.29 is 14.5 Å². The van der Waals surface area contributed by atoms with Crippen molar-refractivity contribution in [3.63, 3.8) is 0 Å². The van der Waals surface area contributed by atoms with Crippen molar-refractivity contribution in [3.8, 4) is 5.75 Å². The Morgan fingerprint density at radius 1 is 1.23 bits per heavy atom. The number of hydrogen-bond donors (Lipinski definition) is 1. The van der Waals surface area contributed by atoms with Gasteiger partial charge in [0.25, 0.3) is 5.91 Å². The van der Waals surface area contributed by atoms with Gasteiger partial charge < -0.3 is 10.1 Å². The fourth-order valence-electron chi connectivity index (χ4n) is 2.31. The molecular weight excluding hydrogens is 354 g/mol. The highest BCUT2D eigenvalue weighted by Gasteiger charge is 2.24. The monoisotopic (exact) mass is 369 g/mol. The molecule has 0 atom stereocenters. The Morgan fingerprint density at radius 2 is 1.96 bits per heavy atom. The smallest absolute Gasteiger partial charge is 0.311 e. The summed E-state index contributed by atoms with van der Waals surface area (Å²) >= 11 is 1.19. The highest BCUT2D eigenvalue weighted by atomic mass is 32.2. The number of nitrogens with one attached hydrogen (secondary N) is 1. The Bertz CT molecular complexity index is 936. The quantitative estimate of drug-likeness (QED) is 0.502. The Balaban J connectivity index is 1.86. The van der Waals surface area contributed by atoms with E-state index in [9.17, 15) is 14.9 Å². The molecule has 8 heteroatoms. The van der Waals surface area contributed by atoms with Crippen LogP contribution in [0.15, 0.2) is 52.4 Å². The summed E-state index contributed by atoms with van der Waals surface area (Å²) in [6, 6.07) is 12.1. The maximum absolute atomic E-state index is 12.1. The van der Waals surface area contributed by atoms with Crippen LogP contribution in [0.25, 0.3) is 6.08 Å². The molecule has 2 aromatic carbocycles. The third-order valence-corrected chi connectivity index (χ3v) is 4.52. The van der Waals surface area contributed by atoms with E-state index < -0.39 is 4.92 Å². The molecule has 26 heavy (non-hydrogen) atoms. The number of carbonyl (C=O) groups is 1. The van der Waals surface area contributed by atoms with Gasteiger partial charge in [0.15, 0.2) is 10.9 Å². The maximum atomic E-state index is 12.1. The molecule has 1 heterocycles. The number of amides is 1. The molecule has 1 N–H and O–H groups in total. The Morgan fingerprint density at radius 3 is 2.62 bits per heavy atom. The van der Waals surface area contributed by atoms with Gasteiger partial charge in [-0.3, -0.25) is 14.9 Å². The number of aliphatic imine (C=N–C) groups is 1. The number of carbonyl (C=O) groups excluding carboxylic acids is 1. The van der Waals surface area contributed by atoms with E-state index in [2.05, 4.69) is 10.3 Å². The number of amidine groups is 1. The van der Waals surface area contributed by atoms with Crippen LogP contribution in [0.2, 0.25) is 0 Å². The highest BCUT2D eigenvalue weighted by molar-refractivity contribution is 8.18. The highest BCUT2D eigenvalue weighted by Crippen LogP contribution is 2.32. The van der Waals surface area contributed by atoms with Gasteiger partial charge in [-0.15, -0.1) is 0 Å². The van der Waals surface area contributed by atoms with E-state index in [1.165, 1.54) is 31.0 Å². The molecule has 0 spiro atoms. The Hall–Kier alpha value is -3.13. The summed E-state index contributed by atoms with van der Waals surface area (Å²) in [5.74, 6) is -0.123.